The summed E-state index contributed by atoms with van der Waals surface area (Å²) >= 11 is 0. The van der Waals surface area contributed by atoms with Crippen molar-refractivity contribution in [2.75, 3.05) is 13.2 Å². The largest absolute Gasteiger partial charge is 0.493 e. The highest BCUT2D eigenvalue weighted by Gasteiger charge is 2.33. The molecule has 1 saturated heterocycles. The van der Waals surface area contributed by atoms with Crippen LogP contribution in [0.3, 0.4) is 0 Å². The van der Waals surface area contributed by atoms with Crippen molar-refractivity contribution in [2.24, 2.45) is 5.41 Å². The van der Waals surface area contributed by atoms with Gasteiger partial charge in [0.1, 0.15) is 0 Å². The first-order valence-corrected chi connectivity index (χ1v) is 8.79. The number of nitrogens with zero attached hydrogens (tertiary/aromatic N) is 1. The fourth-order valence-corrected chi connectivity index (χ4v) is 2.89. The molecule has 0 unspecified atom stereocenters. The van der Waals surface area contributed by atoms with Crippen molar-refractivity contribution < 1.29 is 9.31 Å². The monoisotopic (exact) mass is 341 g/mol. The van der Waals surface area contributed by atoms with E-state index in [2.05, 4.69) is 36.7 Å². The van der Waals surface area contributed by atoms with Crippen molar-refractivity contribution >= 4 is 23.5 Å². The zero-order chi connectivity index (χ0) is 18.0. The Morgan fingerprint density at radius 1 is 0.923 bits per heavy atom. The number of fused-ring (bicyclic) bond motifs is 1. The molecule has 0 bridgehead atoms. The molecule has 0 radical (unpaired) electrons. The second-order valence-electron chi connectivity index (χ2n) is 7.41. The van der Waals surface area contributed by atoms with E-state index < -0.39 is 0 Å². The summed E-state index contributed by atoms with van der Waals surface area (Å²) < 4.78 is 11.6. The van der Waals surface area contributed by atoms with Gasteiger partial charge < -0.3 is 9.31 Å². The van der Waals surface area contributed by atoms with Gasteiger partial charge in [-0.25, -0.2) is 0 Å². The zero-order valence-electron chi connectivity index (χ0n) is 15.0. The van der Waals surface area contributed by atoms with Gasteiger partial charge in [0.05, 0.1) is 5.52 Å². The average Bonchev–Trinajstić information content (AvgIpc) is 2.67. The molecule has 2 aromatic carbocycles. The molecule has 0 N–H and O–H groups in total. The number of para-hydroxylation sites is 1. The minimum atomic E-state index is -0.283. The predicted octanol–water partition coefficient (Wildman–Crippen LogP) is 3.40. The SMILES string of the molecule is CC1(C)COB(c2ccc(C#Cc3cnc4ccccc4c3)cc2)OC1. The molecule has 26 heavy (non-hydrogen) atoms. The van der Waals surface area contributed by atoms with Crippen LogP contribution < -0.4 is 5.46 Å². The Morgan fingerprint density at radius 3 is 2.38 bits per heavy atom. The smallest absolute Gasteiger partial charge is 0.407 e. The molecule has 1 aliphatic rings. The summed E-state index contributed by atoms with van der Waals surface area (Å²) in [6.45, 7) is 5.69. The van der Waals surface area contributed by atoms with Crippen LogP contribution in [-0.4, -0.2) is 25.3 Å². The summed E-state index contributed by atoms with van der Waals surface area (Å²) in [4.78, 5) is 4.44. The van der Waals surface area contributed by atoms with E-state index in [1.54, 1.807) is 0 Å². The summed E-state index contributed by atoms with van der Waals surface area (Å²) in [5.41, 5.74) is 3.96. The summed E-state index contributed by atoms with van der Waals surface area (Å²) in [5.74, 6) is 6.39. The normalized spacial score (nSPS) is 16.2. The molecule has 2 heterocycles. The highest BCUT2D eigenvalue weighted by molar-refractivity contribution is 6.61. The van der Waals surface area contributed by atoms with Crippen molar-refractivity contribution in [1.82, 2.24) is 4.98 Å². The minimum absolute atomic E-state index is 0.0792. The standard InChI is InChI=1S/C22H20BNO2/c1-22(2)15-25-23(26-16-22)20-11-9-17(10-12-20)7-8-18-13-19-5-3-4-6-21(19)24-14-18/h3-6,9-14H,15-16H2,1-2H3. The van der Waals surface area contributed by atoms with Gasteiger partial charge in [-0.2, -0.15) is 0 Å². The molecular formula is C22H20BNO2. The highest BCUT2D eigenvalue weighted by Crippen LogP contribution is 2.21. The van der Waals surface area contributed by atoms with Crippen LogP contribution in [0.2, 0.25) is 0 Å². The first kappa shape index (κ1) is 16.8. The maximum Gasteiger partial charge on any atom is 0.493 e. The van der Waals surface area contributed by atoms with E-state index >= 15 is 0 Å². The lowest BCUT2D eigenvalue weighted by molar-refractivity contribution is 0.0343. The first-order chi connectivity index (χ1) is 12.6. The van der Waals surface area contributed by atoms with Crippen LogP contribution in [0.5, 0.6) is 0 Å². The highest BCUT2D eigenvalue weighted by atomic mass is 16.6. The summed E-state index contributed by atoms with van der Waals surface area (Å²) in [6, 6.07) is 18.2. The van der Waals surface area contributed by atoms with Crippen LogP contribution >= 0.6 is 0 Å². The number of aromatic nitrogens is 1. The van der Waals surface area contributed by atoms with Crippen molar-refractivity contribution in [1.29, 1.82) is 0 Å². The van der Waals surface area contributed by atoms with E-state index in [0.29, 0.717) is 13.2 Å². The molecular weight excluding hydrogens is 321 g/mol. The Kier molecular flexibility index (Phi) is 4.50. The van der Waals surface area contributed by atoms with E-state index in [4.69, 9.17) is 9.31 Å². The molecule has 128 valence electrons. The van der Waals surface area contributed by atoms with Gasteiger partial charge in [0.2, 0.25) is 0 Å². The molecule has 0 amide bonds. The van der Waals surface area contributed by atoms with Gasteiger partial charge in [-0.15, -0.1) is 0 Å². The third-order valence-electron chi connectivity index (χ3n) is 4.38. The Labute approximate surface area is 154 Å². The fourth-order valence-electron chi connectivity index (χ4n) is 2.89. The lowest BCUT2D eigenvalue weighted by atomic mass is 9.76. The number of hydrogen-bond donors (Lipinski definition) is 0. The van der Waals surface area contributed by atoms with Gasteiger partial charge in [0.25, 0.3) is 0 Å². The van der Waals surface area contributed by atoms with Gasteiger partial charge in [-0.3, -0.25) is 4.98 Å². The molecule has 1 fully saturated rings. The maximum absolute atomic E-state index is 5.82. The van der Waals surface area contributed by atoms with Gasteiger partial charge in [-0.05, 0) is 29.7 Å². The topological polar surface area (TPSA) is 31.4 Å². The first-order valence-electron chi connectivity index (χ1n) is 8.79. The molecule has 1 aliphatic heterocycles. The molecule has 0 aliphatic carbocycles. The van der Waals surface area contributed by atoms with E-state index in [1.165, 1.54) is 0 Å². The molecule has 1 aromatic heterocycles. The third kappa shape index (κ3) is 3.80. The lowest BCUT2D eigenvalue weighted by Gasteiger charge is -2.33. The Morgan fingerprint density at radius 2 is 1.62 bits per heavy atom. The van der Waals surface area contributed by atoms with Crippen LogP contribution in [0.4, 0.5) is 0 Å². The quantitative estimate of drug-likeness (QED) is 0.502. The van der Waals surface area contributed by atoms with Crippen molar-refractivity contribution in [3.8, 4) is 11.8 Å². The van der Waals surface area contributed by atoms with Crippen LogP contribution in [0, 0.1) is 17.3 Å². The van der Waals surface area contributed by atoms with Gasteiger partial charge in [0.15, 0.2) is 0 Å². The molecule has 0 saturated carbocycles. The van der Waals surface area contributed by atoms with Crippen LogP contribution in [0.25, 0.3) is 10.9 Å². The van der Waals surface area contributed by atoms with Gasteiger partial charge in [-0.1, -0.05) is 56.0 Å². The maximum atomic E-state index is 5.82. The molecule has 3 nitrogen and oxygen atoms in total. The number of benzene rings is 2. The molecule has 4 rings (SSSR count). The predicted molar refractivity (Wildman–Crippen MR) is 105 cm³/mol. The Hall–Kier alpha value is -2.61. The fraction of sp³-hybridized carbons (Fsp3) is 0.227. The third-order valence-corrected chi connectivity index (χ3v) is 4.38. The zero-order valence-corrected chi connectivity index (χ0v) is 15.0. The summed E-state index contributed by atoms with van der Waals surface area (Å²) in [5, 5.41) is 1.10. The molecule has 3 aromatic rings. The van der Waals surface area contributed by atoms with Crippen molar-refractivity contribution in [2.45, 2.75) is 13.8 Å². The van der Waals surface area contributed by atoms with Gasteiger partial charge >= 0.3 is 7.12 Å². The molecule has 0 atom stereocenters. The number of rotatable bonds is 1. The van der Waals surface area contributed by atoms with E-state index in [9.17, 15) is 0 Å². The summed E-state index contributed by atoms with van der Waals surface area (Å²) in [6.07, 6.45) is 1.81. The van der Waals surface area contributed by atoms with Crippen LogP contribution in [-0.2, 0) is 9.31 Å². The van der Waals surface area contributed by atoms with E-state index in [0.717, 1.165) is 27.5 Å². The summed E-state index contributed by atoms with van der Waals surface area (Å²) in [7, 11) is -0.283. The van der Waals surface area contributed by atoms with E-state index in [-0.39, 0.29) is 12.5 Å². The minimum Gasteiger partial charge on any atom is -0.407 e. The van der Waals surface area contributed by atoms with E-state index in [1.807, 2.05) is 54.7 Å². The Bertz CT molecular complexity index is 976. The second kappa shape index (κ2) is 6.95. The average molecular weight is 341 g/mol. The van der Waals surface area contributed by atoms with Crippen LogP contribution in [0.1, 0.15) is 25.0 Å². The lowest BCUT2D eigenvalue weighted by Crippen LogP contribution is -2.47. The van der Waals surface area contributed by atoms with Crippen molar-refractivity contribution in [3.05, 3.63) is 71.9 Å². The van der Waals surface area contributed by atoms with Crippen LogP contribution in [0.15, 0.2) is 60.8 Å². The number of hydrogen-bond acceptors (Lipinski definition) is 3. The molecule has 0 spiro atoms. The van der Waals surface area contributed by atoms with Crippen molar-refractivity contribution in [3.63, 3.8) is 0 Å². The Balaban J connectivity index is 1.48. The second-order valence-corrected chi connectivity index (χ2v) is 7.41. The molecule has 4 heteroatoms. The number of pyridine rings is 1. The van der Waals surface area contributed by atoms with Gasteiger partial charge in [0, 0.05) is 41.3 Å².